The molecule has 1 aromatic heterocycles. The zero-order valence-electron chi connectivity index (χ0n) is 19.1. The molecule has 4 unspecified atom stereocenters. The molecule has 2 aromatic rings. The minimum atomic E-state index is -0.142. The number of benzene rings is 1. The van der Waals surface area contributed by atoms with E-state index in [1.54, 1.807) is 13.2 Å². The number of aryl methyl sites for hydroxylation is 1. The molecule has 5 rings (SSSR count). The van der Waals surface area contributed by atoms with Crippen LogP contribution >= 0.6 is 0 Å². The van der Waals surface area contributed by atoms with Gasteiger partial charge in [0.05, 0.1) is 7.11 Å². The van der Waals surface area contributed by atoms with E-state index in [9.17, 15) is 4.39 Å². The van der Waals surface area contributed by atoms with Crippen LogP contribution < -0.4 is 5.32 Å². The monoisotopic (exact) mass is 422 g/mol. The number of nitrogens with one attached hydrogen (secondary N) is 2. The summed E-state index contributed by atoms with van der Waals surface area (Å²) in [5, 5.41) is 4.53. The largest absolute Gasteiger partial charge is 0.501 e. The van der Waals surface area contributed by atoms with Gasteiger partial charge in [0, 0.05) is 34.2 Å². The zero-order valence-corrected chi connectivity index (χ0v) is 19.1. The van der Waals surface area contributed by atoms with E-state index in [0.717, 1.165) is 41.4 Å². The third-order valence-electron chi connectivity index (χ3n) is 7.91. The molecule has 2 N–H and O–H groups in total. The van der Waals surface area contributed by atoms with Crippen molar-refractivity contribution in [2.45, 2.75) is 57.8 Å². The number of fused-ring (bicyclic) bond motifs is 2. The van der Waals surface area contributed by atoms with Gasteiger partial charge in [-0.25, -0.2) is 4.39 Å². The minimum absolute atomic E-state index is 0.142. The maximum Gasteiger partial charge on any atom is 0.132 e. The fraction of sp³-hybridized carbons (Fsp3) is 0.556. The van der Waals surface area contributed by atoms with E-state index in [1.807, 2.05) is 7.05 Å². The van der Waals surface area contributed by atoms with Crippen molar-refractivity contribution in [1.82, 2.24) is 10.3 Å². The molecule has 0 spiro atoms. The third-order valence-corrected chi connectivity index (χ3v) is 7.91. The van der Waals surface area contributed by atoms with E-state index in [0.29, 0.717) is 11.8 Å². The van der Waals surface area contributed by atoms with Gasteiger partial charge in [-0.15, -0.1) is 0 Å². The lowest BCUT2D eigenvalue weighted by molar-refractivity contribution is 0.265. The number of hydrogen-bond donors (Lipinski definition) is 2. The molecular formula is C27H35FN2O. The standard InChI is InChI=1S/C27H35FN2O/c1-16-11-19(18-6-4-5-17(7-8-18)9-10-29-2)12-24-20(16)14-25(30-24)27-22-13-21(22)26(31-3)15-23(27)28/h11-12,14-15,17-18,21-22,29-30H,4-10,13H2,1-3H3. The molecule has 3 nitrogen and oxygen atoms in total. The molecule has 4 atom stereocenters. The van der Waals surface area contributed by atoms with Gasteiger partial charge in [-0.1, -0.05) is 18.9 Å². The van der Waals surface area contributed by atoms with E-state index in [-0.39, 0.29) is 11.7 Å². The van der Waals surface area contributed by atoms with Gasteiger partial charge >= 0.3 is 0 Å². The molecule has 1 aromatic carbocycles. The van der Waals surface area contributed by atoms with E-state index in [1.165, 1.54) is 55.0 Å². The molecule has 0 saturated heterocycles. The Bertz CT molecular complexity index is 1030. The predicted octanol–water partition coefficient (Wildman–Crippen LogP) is 6.61. The van der Waals surface area contributed by atoms with Crippen molar-refractivity contribution in [2.24, 2.45) is 17.8 Å². The summed E-state index contributed by atoms with van der Waals surface area (Å²) in [5.41, 5.74) is 5.68. The Morgan fingerprint density at radius 3 is 2.81 bits per heavy atom. The highest BCUT2D eigenvalue weighted by atomic mass is 19.1. The Kier molecular flexibility index (Phi) is 5.68. The molecule has 0 radical (unpaired) electrons. The average Bonchev–Trinajstić information content (AvgIpc) is 3.48. The van der Waals surface area contributed by atoms with Crippen LogP contribution in [0.5, 0.6) is 0 Å². The summed E-state index contributed by atoms with van der Waals surface area (Å²) in [5.74, 6) is 2.75. The maximum absolute atomic E-state index is 14.9. The van der Waals surface area contributed by atoms with E-state index >= 15 is 0 Å². The molecule has 2 saturated carbocycles. The van der Waals surface area contributed by atoms with Gasteiger partial charge < -0.3 is 15.0 Å². The number of allylic oxidation sites excluding steroid dienone is 4. The van der Waals surface area contributed by atoms with Crippen LogP contribution in [0.4, 0.5) is 4.39 Å². The summed E-state index contributed by atoms with van der Waals surface area (Å²) >= 11 is 0. The molecule has 166 valence electrons. The molecule has 0 amide bonds. The molecule has 3 aliphatic rings. The summed E-state index contributed by atoms with van der Waals surface area (Å²) in [4.78, 5) is 3.58. The van der Waals surface area contributed by atoms with Crippen molar-refractivity contribution >= 4 is 16.5 Å². The molecule has 1 heterocycles. The summed E-state index contributed by atoms with van der Waals surface area (Å²) in [6.07, 6.45) is 10.4. The fourth-order valence-electron chi connectivity index (χ4n) is 6.03. The van der Waals surface area contributed by atoms with Gasteiger partial charge in [0.15, 0.2) is 0 Å². The first-order valence-electron chi connectivity index (χ1n) is 12.0. The molecule has 0 bridgehead atoms. The Balaban J connectivity index is 1.41. The summed E-state index contributed by atoms with van der Waals surface area (Å²) < 4.78 is 20.3. The van der Waals surface area contributed by atoms with Gasteiger partial charge in [-0.2, -0.15) is 0 Å². The van der Waals surface area contributed by atoms with Crippen LogP contribution in [0.3, 0.4) is 0 Å². The Morgan fingerprint density at radius 2 is 2.00 bits per heavy atom. The SMILES string of the molecule is CNCCC1CCCC(c2cc(C)c3cc(C4=C(F)C=C(OC)C5CC45)[nH]c3c2)CC1. The number of H-pyrrole nitrogens is 1. The van der Waals surface area contributed by atoms with Crippen LogP contribution in [0.25, 0.3) is 16.5 Å². The van der Waals surface area contributed by atoms with Crippen molar-refractivity contribution in [3.05, 3.63) is 52.7 Å². The van der Waals surface area contributed by atoms with Crippen LogP contribution in [0.15, 0.2) is 35.9 Å². The lowest BCUT2D eigenvalue weighted by Crippen LogP contribution is -2.12. The smallest absolute Gasteiger partial charge is 0.132 e. The first-order valence-corrected chi connectivity index (χ1v) is 12.0. The van der Waals surface area contributed by atoms with Gasteiger partial charge in [-0.05, 0) is 93.6 Å². The van der Waals surface area contributed by atoms with E-state index in [2.05, 4.69) is 35.4 Å². The molecule has 2 fully saturated rings. The van der Waals surface area contributed by atoms with Gasteiger partial charge in [0.2, 0.25) is 0 Å². The first-order chi connectivity index (χ1) is 15.1. The molecule has 31 heavy (non-hydrogen) atoms. The average molecular weight is 423 g/mol. The summed E-state index contributed by atoms with van der Waals surface area (Å²) in [7, 11) is 3.69. The number of aromatic nitrogens is 1. The highest BCUT2D eigenvalue weighted by molar-refractivity contribution is 5.89. The van der Waals surface area contributed by atoms with Crippen LogP contribution in [0, 0.1) is 24.7 Å². The van der Waals surface area contributed by atoms with E-state index < -0.39 is 0 Å². The van der Waals surface area contributed by atoms with Crippen molar-refractivity contribution in [3.63, 3.8) is 0 Å². The van der Waals surface area contributed by atoms with Crippen LogP contribution in [-0.2, 0) is 4.74 Å². The Hall–Kier alpha value is -2.07. The quantitative estimate of drug-likeness (QED) is 0.514. The topological polar surface area (TPSA) is 37.0 Å². The molecule has 0 aliphatic heterocycles. The van der Waals surface area contributed by atoms with Crippen molar-refractivity contribution < 1.29 is 9.13 Å². The van der Waals surface area contributed by atoms with Crippen molar-refractivity contribution in [3.8, 4) is 0 Å². The number of halogens is 1. The lowest BCUT2D eigenvalue weighted by atomic mass is 9.89. The van der Waals surface area contributed by atoms with Gasteiger partial charge in [-0.3, -0.25) is 0 Å². The van der Waals surface area contributed by atoms with Crippen molar-refractivity contribution in [1.29, 1.82) is 0 Å². The molecule has 4 heteroatoms. The first kappa shape index (κ1) is 20.8. The normalized spacial score (nSPS) is 28.3. The lowest BCUT2D eigenvalue weighted by Gasteiger charge is -2.17. The second-order valence-electron chi connectivity index (χ2n) is 9.91. The van der Waals surface area contributed by atoms with Gasteiger partial charge in [0.25, 0.3) is 0 Å². The number of rotatable bonds is 6. The predicted molar refractivity (Wildman–Crippen MR) is 126 cm³/mol. The Labute approximate surface area is 185 Å². The highest BCUT2D eigenvalue weighted by Gasteiger charge is 2.48. The Morgan fingerprint density at radius 1 is 1.13 bits per heavy atom. The van der Waals surface area contributed by atoms with E-state index in [4.69, 9.17) is 4.74 Å². The highest BCUT2D eigenvalue weighted by Crippen LogP contribution is 2.56. The minimum Gasteiger partial charge on any atom is -0.501 e. The van der Waals surface area contributed by atoms with Crippen LogP contribution in [0.1, 0.15) is 67.7 Å². The second-order valence-corrected chi connectivity index (χ2v) is 9.91. The van der Waals surface area contributed by atoms with Crippen LogP contribution in [0.2, 0.25) is 0 Å². The third kappa shape index (κ3) is 3.95. The zero-order chi connectivity index (χ0) is 21.5. The summed E-state index contributed by atoms with van der Waals surface area (Å²) in [6, 6.07) is 6.88. The second kappa shape index (κ2) is 8.46. The number of hydrogen-bond acceptors (Lipinski definition) is 2. The van der Waals surface area contributed by atoms with Gasteiger partial charge in [0.1, 0.15) is 11.6 Å². The molecular weight excluding hydrogens is 387 g/mol. The summed E-state index contributed by atoms with van der Waals surface area (Å²) in [6.45, 7) is 3.32. The molecule has 3 aliphatic carbocycles. The van der Waals surface area contributed by atoms with Crippen molar-refractivity contribution in [2.75, 3.05) is 20.7 Å². The van der Waals surface area contributed by atoms with Crippen LogP contribution in [-0.4, -0.2) is 25.7 Å². The fourth-order valence-corrected chi connectivity index (χ4v) is 6.03. The number of ether oxygens (including phenoxy) is 1. The maximum atomic E-state index is 14.9. The number of methoxy groups -OCH3 is 1. The number of aromatic amines is 1.